The third kappa shape index (κ3) is 3.84. The summed E-state index contributed by atoms with van der Waals surface area (Å²) in [7, 11) is 0. The first-order valence-corrected chi connectivity index (χ1v) is 6.42. The van der Waals surface area contributed by atoms with Gasteiger partial charge in [0, 0.05) is 5.69 Å². The van der Waals surface area contributed by atoms with E-state index in [4.69, 9.17) is 11.6 Å². The molecule has 78 valence electrons. The second-order valence-corrected chi connectivity index (χ2v) is 4.48. The molecule has 2 nitrogen and oxygen atoms in total. The number of aryl methyl sites for hydroxylation is 1. The number of rotatable bonds is 5. The summed E-state index contributed by atoms with van der Waals surface area (Å²) in [5.41, 5.74) is 1.93. The number of hydrogen-bond acceptors (Lipinski definition) is 3. The highest BCUT2D eigenvalue weighted by molar-refractivity contribution is 7.98. The third-order valence-corrected chi connectivity index (χ3v) is 3.10. The lowest BCUT2D eigenvalue weighted by Gasteiger charge is -2.03. The van der Waals surface area contributed by atoms with Gasteiger partial charge in [0.2, 0.25) is 0 Å². The van der Waals surface area contributed by atoms with Crippen molar-refractivity contribution in [2.45, 2.75) is 31.9 Å². The standard InChI is InChI=1S/C10H15ClN2S/c1-3-4-14-7-10-12-8(2)5-9(6-11)13-10/h5H,3-4,6-7H2,1-2H3. The van der Waals surface area contributed by atoms with Crippen LogP contribution in [0.1, 0.15) is 30.6 Å². The van der Waals surface area contributed by atoms with E-state index < -0.39 is 0 Å². The summed E-state index contributed by atoms with van der Waals surface area (Å²) in [5.74, 6) is 3.42. The lowest BCUT2D eigenvalue weighted by Crippen LogP contribution is -1.99. The van der Waals surface area contributed by atoms with Crippen molar-refractivity contribution in [3.63, 3.8) is 0 Å². The van der Waals surface area contributed by atoms with Crippen molar-refractivity contribution in [2.24, 2.45) is 0 Å². The minimum atomic E-state index is 0.467. The second kappa shape index (κ2) is 6.25. The van der Waals surface area contributed by atoms with Crippen LogP contribution in [0.5, 0.6) is 0 Å². The Labute approximate surface area is 94.5 Å². The van der Waals surface area contributed by atoms with E-state index in [1.807, 2.05) is 24.8 Å². The molecule has 0 spiro atoms. The average molecular weight is 231 g/mol. The maximum atomic E-state index is 5.74. The van der Waals surface area contributed by atoms with Gasteiger partial charge in [0.15, 0.2) is 0 Å². The van der Waals surface area contributed by atoms with Crippen molar-refractivity contribution < 1.29 is 0 Å². The fraction of sp³-hybridized carbons (Fsp3) is 0.600. The Bertz CT molecular complexity index is 291. The number of nitrogens with zero attached hydrogens (tertiary/aromatic N) is 2. The summed E-state index contributed by atoms with van der Waals surface area (Å²) >= 11 is 7.60. The third-order valence-electron chi connectivity index (χ3n) is 1.67. The largest absolute Gasteiger partial charge is 0.237 e. The van der Waals surface area contributed by atoms with E-state index in [0.29, 0.717) is 5.88 Å². The molecule has 0 radical (unpaired) electrons. The molecule has 0 aliphatic rings. The number of thioether (sulfide) groups is 1. The first-order chi connectivity index (χ1) is 6.76. The number of hydrogen-bond donors (Lipinski definition) is 0. The lowest BCUT2D eigenvalue weighted by atomic mass is 10.3. The van der Waals surface area contributed by atoms with Gasteiger partial charge in [-0.1, -0.05) is 6.92 Å². The summed E-state index contributed by atoms with van der Waals surface area (Å²) in [4.78, 5) is 8.72. The van der Waals surface area contributed by atoms with Gasteiger partial charge in [-0.25, -0.2) is 9.97 Å². The van der Waals surface area contributed by atoms with Crippen LogP contribution < -0.4 is 0 Å². The molecule has 1 heterocycles. The molecule has 1 rings (SSSR count). The molecule has 0 saturated heterocycles. The van der Waals surface area contributed by atoms with Crippen LogP contribution in [0, 0.1) is 6.92 Å². The fourth-order valence-electron chi connectivity index (χ4n) is 1.14. The van der Waals surface area contributed by atoms with E-state index in [9.17, 15) is 0 Å². The zero-order chi connectivity index (χ0) is 10.4. The normalized spacial score (nSPS) is 10.5. The van der Waals surface area contributed by atoms with E-state index in [2.05, 4.69) is 16.9 Å². The number of aromatic nitrogens is 2. The molecule has 4 heteroatoms. The molecule has 0 amide bonds. The summed E-state index contributed by atoms with van der Waals surface area (Å²) in [6.07, 6.45) is 1.19. The average Bonchev–Trinajstić information content (AvgIpc) is 2.17. The van der Waals surface area contributed by atoms with Gasteiger partial charge < -0.3 is 0 Å². The SMILES string of the molecule is CCCSCc1nc(C)cc(CCl)n1. The van der Waals surface area contributed by atoms with Gasteiger partial charge in [-0.05, 0) is 25.2 Å². The summed E-state index contributed by atoms with van der Waals surface area (Å²) < 4.78 is 0. The first-order valence-electron chi connectivity index (χ1n) is 4.73. The van der Waals surface area contributed by atoms with Gasteiger partial charge >= 0.3 is 0 Å². The van der Waals surface area contributed by atoms with Gasteiger partial charge in [-0.2, -0.15) is 11.8 Å². The minimum absolute atomic E-state index is 0.467. The Balaban J connectivity index is 2.62. The summed E-state index contributed by atoms with van der Waals surface area (Å²) in [6.45, 7) is 4.15. The van der Waals surface area contributed by atoms with Gasteiger partial charge in [-0.15, -0.1) is 11.6 Å². The Hall–Kier alpha value is -0.280. The van der Waals surface area contributed by atoms with Crippen LogP contribution in [-0.4, -0.2) is 15.7 Å². The molecular formula is C10H15ClN2S. The maximum Gasteiger partial charge on any atom is 0.138 e. The molecule has 0 saturated carbocycles. The molecular weight excluding hydrogens is 216 g/mol. The van der Waals surface area contributed by atoms with Crippen LogP contribution in [0.4, 0.5) is 0 Å². The molecule has 0 aliphatic carbocycles. The van der Waals surface area contributed by atoms with Crippen molar-refractivity contribution in [3.05, 3.63) is 23.3 Å². The van der Waals surface area contributed by atoms with Crippen LogP contribution in [-0.2, 0) is 11.6 Å². The smallest absolute Gasteiger partial charge is 0.138 e. The van der Waals surface area contributed by atoms with Crippen LogP contribution >= 0.6 is 23.4 Å². The van der Waals surface area contributed by atoms with Crippen molar-refractivity contribution >= 4 is 23.4 Å². The quantitative estimate of drug-likeness (QED) is 0.574. The predicted octanol–water partition coefficient (Wildman–Crippen LogP) is 3.17. The second-order valence-electron chi connectivity index (χ2n) is 3.10. The molecule has 0 aliphatic heterocycles. The van der Waals surface area contributed by atoms with Crippen LogP contribution in [0.25, 0.3) is 0 Å². The Morgan fingerprint density at radius 2 is 2.21 bits per heavy atom. The van der Waals surface area contributed by atoms with E-state index in [1.54, 1.807) is 0 Å². The van der Waals surface area contributed by atoms with E-state index in [1.165, 1.54) is 6.42 Å². The Kier molecular flexibility index (Phi) is 5.26. The first kappa shape index (κ1) is 11.8. The molecule has 0 fully saturated rings. The van der Waals surface area contributed by atoms with E-state index in [-0.39, 0.29) is 0 Å². The van der Waals surface area contributed by atoms with E-state index >= 15 is 0 Å². The molecule has 1 aromatic rings. The van der Waals surface area contributed by atoms with Crippen molar-refractivity contribution in [3.8, 4) is 0 Å². The predicted molar refractivity (Wildman–Crippen MR) is 62.8 cm³/mol. The number of halogens is 1. The van der Waals surface area contributed by atoms with Crippen LogP contribution in [0.3, 0.4) is 0 Å². The van der Waals surface area contributed by atoms with Gasteiger partial charge in [-0.3, -0.25) is 0 Å². The lowest BCUT2D eigenvalue weighted by molar-refractivity contribution is 0.953. The van der Waals surface area contributed by atoms with Gasteiger partial charge in [0.05, 0.1) is 17.3 Å². The van der Waals surface area contributed by atoms with Crippen molar-refractivity contribution in [2.75, 3.05) is 5.75 Å². The fourth-order valence-corrected chi connectivity index (χ4v) is 2.02. The van der Waals surface area contributed by atoms with Gasteiger partial charge in [0.1, 0.15) is 5.82 Å². The molecule has 0 atom stereocenters. The number of alkyl halides is 1. The zero-order valence-corrected chi connectivity index (χ0v) is 10.2. The van der Waals surface area contributed by atoms with Crippen LogP contribution in [0.15, 0.2) is 6.07 Å². The molecule has 0 aromatic carbocycles. The van der Waals surface area contributed by atoms with E-state index in [0.717, 1.165) is 28.7 Å². The molecule has 0 N–H and O–H groups in total. The highest BCUT2D eigenvalue weighted by atomic mass is 35.5. The van der Waals surface area contributed by atoms with Crippen molar-refractivity contribution in [1.29, 1.82) is 0 Å². The maximum absolute atomic E-state index is 5.74. The highest BCUT2D eigenvalue weighted by Crippen LogP contribution is 2.11. The Morgan fingerprint density at radius 1 is 1.43 bits per heavy atom. The zero-order valence-electron chi connectivity index (χ0n) is 8.59. The molecule has 14 heavy (non-hydrogen) atoms. The van der Waals surface area contributed by atoms with Gasteiger partial charge in [0.25, 0.3) is 0 Å². The molecule has 0 unspecified atom stereocenters. The Morgan fingerprint density at radius 3 is 2.86 bits per heavy atom. The molecule has 0 bridgehead atoms. The molecule has 1 aromatic heterocycles. The topological polar surface area (TPSA) is 25.8 Å². The van der Waals surface area contributed by atoms with Crippen LogP contribution in [0.2, 0.25) is 0 Å². The monoisotopic (exact) mass is 230 g/mol. The minimum Gasteiger partial charge on any atom is -0.237 e. The highest BCUT2D eigenvalue weighted by Gasteiger charge is 2.01. The van der Waals surface area contributed by atoms with Crippen molar-refractivity contribution in [1.82, 2.24) is 9.97 Å². The summed E-state index contributed by atoms with van der Waals surface area (Å²) in [5, 5.41) is 0. The summed E-state index contributed by atoms with van der Waals surface area (Å²) in [6, 6.07) is 1.93.